The van der Waals surface area contributed by atoms with Crippen LogP contribution in [-0.4, -0.2) is 66.2 Å². The molecule has 1 fully saturated rings. The first-order chi connectivity index (χ1) is 21.0. The van der Waals surface area contributed by atoms with E-state index >= 15 is 4.39 Å². The molecule has 1 saturated heterocycles. The number of methoxy groups -OCH3 is 2. The van der Waals surface area contributed by atoms with Crippen LogP contribution in [0.2, 0.25) is 0 Å². The highest BCUT2D eigenvalue weighted by atomic mass is 19.1. The molecule has 4 heterocycles. The van der Waals surface area contributed by atoms with E-state index in [0.717, 1.165) is 27.8 Å². The summed E-state index contributed by atoms with van der Waals surface area (Å²) in [4.78, 5) is 29.6. The molecule has 1 aliphatic rings. The zero-order chi connectivity index (χ0) is 31.1. The molecule has 6 rings (SSSR count). The minimum absolute atomic E-state index is 0.176. The SMILES string of the molecule is CC.CC.COc1cccnc1N1CCN(C(=O)c2cc3c(-c4cnc5ccccc5c4OC)cc(C)c(F)c3[nH]2)CC1. The van der Waals surface area contributed by atoms with Gasteiger partial charge in [0.15, 0.2) is 11.6 Å². The van der Waals surface area contributed by atoms with E-state index in [-0.39, 0.29) is 11.7 Å². The Morgan fingerprint density at radius 2 is 1.60 bits per heavy atom. The lowest BCUT2D eigenvalue weighted by atomic mass is 9.97. The van der Waals surface area contributed by atoms with E-state index in [0.29, 0.717) is 59.8 Å². The Labute approximate surface area is 252 Å². The number of H-pyrrole nitrogens is 1. The fraction of sp³-hybridized carbons (Fsp3) is 0.324. The molecule has 3 aromatic heterocycles. The van der Waals surface area contributed by atoms with Crippen LogP contribution in [0.25, 0.3) is 32.9 Å². The molecular weight excluding hydrogens is 545 g/mol. The molecule has 0 radical (unpaired) electrons. The standard InChI is InChI=1S/C30H28FN5O3.2C2H6/c1-18-15-20(22-17-33-23-8-5-4-7-19(23)28(22)39-3)21-16-24(34-27(21)26(18)31)30(37)36-13-11-35(12-14-36)29-25(38-2)9-6-10-32-29;2*1-2/h4-10,15-17,34H,11-14H2,1-3H3;2*1-2H3. The number of fused-ring (bicyclic) bond motifs is 2. The molecule has 0 unspecified atom stereocenters. The predicted octanol–water partition coefficient (Wildman–Crippen LogP) is 7.26. The van der Waals surface area contributed by atoms with Gasteiger partial charge in [-0.05, 0) is 54.4 Å². The van der Waals surface area contributed by atoms with Crippen LogP contribution in [0.3, 0.4) is 0 Å². The Morgan fingerprint density at radius 1 is 0.884 bits per heavy atom. The summed E-state index contributed by atoms with van der Waals surface area (Å²) in [7, 11) is 3.24. The number of benzene rings is 2. The lowest BCUT2D eigenvalue weighted by Gasteiger charge is -2.35. The lowest BCUT2D eigenvalue weighted by Crippen LogP contribution is -2.49. The lowest BCUT2D eigenvalue weighted by molar-refractivity contribution is 0.0741. The number of piperazine rings is 1. The topological polar surface area (TPSA) is 83.6 Å². The number of aromatic nitrogens is 3. The average Bonchev–Trinajstić information content (AvgIpc) is 3.53. The molecule has 0 atom stereocenters. The largest absolute Gasteiger partial charge is 0.495 e. The maximum absolute atomic E-state index is 15.3. The van der Waals surface area contributed by atoms with Gasteiger partial charge in [0, 0.05) is 54.9 Å². The summed E-state index contributed by atoms with van der Waals surface area (Å²) in [5.41, 5.74) is 3.39. The number of aromatic amines is 1. The third-order valence-corrected chi connectivity index (χ3v) is 7.32. The number of carbonyl (C=O) groups is 1. The van der Waals surface area contributed by atoms with E-state index in [9.17, 15) is 4.79 Å². The number of hydrogen-bond donors (Lipinski definition) is 1. The third kappa shape index (κ3) is 5.98. The number of ether oxygens (including phenoxy) is 2. The first-order valence-electron chi connectivity index (χ1n) is 14.8. The van der Waals surface area contributed by atoms with Gasteiger partial charge in [0.2, 0.25) is 0 Å². The van der Waals surface area contributed by atoms with Crippen LogP contribution in [0.1, 0.15) is 43.7 Å². The highest BCUT2D eigenvalue weighted by Gasteiger charge is 2.27. The normalized spacial score (nSPS) is 12.7. The number of carbonyl (C=O) groups excluding carboxylic acids is 1. The summed E-state index contributed by atoms with van der Waals surface area (Å²) < 4.78 is 26.6. The van der Waals surface area contributed by atoms with Crippen LogP contribution in [0.5, 0.6) is 11.5 Å². The molecule has 0 aliphatic carbocycles. The number of halogens is 1. The van der Waals surface area contributed by atoms with Gasteiger partial charge in [0.1, 0.15) is 17.3 Å². The molecule has 226 valence electrons. The molecule has 1 N–H and O–H groups in total. The van der Waals surface area contributed by atoms with E-state index in [1.165, 1.54) is 0 Å². The molecule has 0 spiro atoms. The number of para-hydroxylation sites is 1. The highest BCUT2D eigenvalue weighted by molar-refractivity contribution is 6.05. The number of amides is 1. The van der Waals surface area contributed by atoms with E-state index in [4.69, 9.17) is 9.47 Å². The van der Waals surface area contributed by atoms with Crippen molar-refractivity contribution in [1.29, 1.82) is 0 Å². The molecule has 0 bridgehead atoms. The summed E-state index contributed by atoms with van der Waals surface area (Å²) in [5.74, 6) is 1.56. The van der Waals surface area contributed by atoms with Crippen molar-refractivity contribution in [3.8, 4) is 22.6 Å². The summed E-state index contributed by atoms with van der Waals surface area (Å²) in [6, 6.07) is 14.9. The van der Waals surface area contributed by atoms with Crippen LogP contribution < -0.4 is 14.4 Å². The van der Waals surface area contributed by atoms with Gasteiger partial charge in [-0.2, -0.15) is 0 Å². The first kappa shape index (κ1) is 31.3. The minimum Gasteiger partial charge on any atom is -0.495 e. The second-order valence-electron chi connectivity index (χ2n) is 9.56. The summed E-state index contributed by atoms with van der Waals surface area (Å²) >= 11 is 0. The van der Waals surface area contributed by atoms with Crippen LogP contribution in [-0.2, 0) is 0 Å². The monoisotopic (exact) mass is 585 g/mol. The van der Waals surface area contributed by atoms with E-state index < -0.39 is 0 Å². The zero-order valence-electron chi connectivity index (χ0n) is 26.0. The van der Waals surface area contributed by atoms with Crippen molar-refractivity contribution in [3.05, 3.63) is 78.0 Å². The highest BCUT2D eigenvalue weighted by Crippen LogP contribution is 2.40. The molecular formula is C34H40FN5O3. The van der Waals surface area contributed by atoms with Gasteiger partial charge in [0.05, 0.1) is 25.3 Å². The van der Waals surface area contributed by atoms with E-state index in [2.05, 4.69) is 19.9 Å². The Kier molecular flexibility index (Phi) is 10.2. The number of rotatable bonds is 5. The Morgan fingerprint density at radius 3 is 2.30 bits per heavy atom. The first-order valence-corrected chi connectivity index (χ1v) is 14.8. The molecule has 1 aliphatic heterocycles. The molecule has 9 heteroatoms. The van der Waals surface area contributed by atoms with Gasteiger partial charge in [0.25, 0.3) is 5.91 Å². The van der Waals surface area contributed by atoms with Crippen molar-refractivity contribution in [1.82, 2.24) is 19.9 Å². The van der Waals surface area contributed by atoms with Crippen molar-refractivity contribution in [2.24, 2.45) is 0 Å². The van der Waals surface area contributed by atoms with Crippen molar-refractivity contribution in [2.75, 3.05) is 45.3 Å². The Hall–Kier alpha value is -4.66. The third-order valence-electron chi connectivity index (χ3n) is 7.32. The van der Waals surface area contributed by atoms with Gasteiger partial charge >= 0.3 is 0 Å². The van der Waals surface area contributed by atoms with Gasteiger partial charge in [-0.1, -0.05) is 39.8 Å². The van der Waals surface area contributed by atoms with Crippen molar-refractivity contribution >= 4 is 33.5 Å². The zero-order valence-corrected chi connectivity index (χ0v) is 26.0. The van der Waals surface area contributed by atoms with Crippen molar-refractivity contribution < 1.29 is 18.7 Å². The van der Waals surface area contributed by atoms with Crippen LogP contribution in [0, 0.1) is 12.7 Å². The van der Waals surface area contributed by atoms with E-state index in [1.807, 2.05) is 64.1 Å². The van der Waals surface area contributed by atoms with Gasteiger partial charge in [-0.3, -0.25) is 9.78 Å². The van der Waals surface area contributed by atoms with Crippen molar-refractivity contribution in [2.45, 2.75) is 34.6 Å². The number of hydrogen-bond acceptors (Lipinski definition) is 6. The molecule has 0 saturated carbocycles. The van der Waals surface area contributed by atoms with E-state index in [1.54, 1.807) is 50.6 Å². The molecule has 1 amide bonds. The maximum Gasteiger partial charge on any atom is 0.270 e. The number of pyridine rings is 2. The molecule has 2 aromatic carbocycles. The smallest absolute Gasteiger partial charge is 0.270 e. The minimum atomic E-state index is -0.382. The molecule has 8 nitrogen and oxygen atoms in total. The fourth-order valence-corrected chi connectivity index (χ4v) is 5.33. The van der Waals surface area contributed by atoms with Crippen LogP contribution in [0.4, 0.5) is 10.2 Å². The fourth-order valence-electron chi connectivity index (χ4n) is 5.33. The number of nitrogens with zero attached hydrogens (tertiary/aromatic N) is 4. The van der Waals surface area contributed by atoms with Gasteiger partial charge in [-0.25, -0.2) is 9.37 Å². The molecule has 43 heavy (non-hydrogen) atoms. The average molecular weight is 586 g/mol. The second kappa shape index (κ2) is 14.0. The Balaban J connectivity index is 0.00000102. The summed E-state index contributed by atoms with van der Waals surface area (Å²) in [5, 5.41) is 1.47. The second-order valence-corrected chi connectivity index (χ2v) is 9.56. The number of anilines is 1. The quantitative estimate of drug-likeness (QED) is 0.234. The van der Waals surface area contributed by atoms with Crippen LogP contribution >= 0.6 is 0 Å². The molecule has 5 aromatic rings. The maximum atomic E-state index is 15.3. The summed E-state index contributed by atoms with van der Waals surface area (Å²) in [6.07, 6.45) is 3.47. The van der Waals surface area contributed by atoms with Crippen molar-refractivity contribution in [3.63, 3.8) is 0 Å². The van der Waals surface area contributed by atoms with Crippen LogP contribution in [0.15, 0.2) is 60.9 Å². The number of nitrogens with one attached hydrogen (secondary N) is 1. The summed E-state index contributed by atoms with van der Waals surface area (Å²) in [6.45, 7) is 11.9. The Bertz CT molecular complexity index is 1710. The number of aryl methyl sites for hydroxylation is 1. The van der Waals surface area contributed by atoms with Gasteiger partial charge < -0.3 is 24.3 Å². The predicted molar refractivity (Wildman–Crippen MR) is 172 cm³/mol. The van der Waals surface area contributed by atoms with Gasteiger partial charge in [-0.15, -0.1) is 0 Å².